The third-order valence-electron chi connectivity index (χ3n) is 2.69. The van der Waals surface area contributed by atoms with Gasteiger partial charge in [-0.1, -0.05) is 13.8 Å². The summed E-state index contributed by atoms with van der Waals surface area (Å²) in [5, 5.41) is 12.8. The lowest BCUT2D eigenvalue weighted by molar-refractivity contribution is -0.385. The second-order valence-electron chi connectivity index (χ2n) is 4.98. The molecule has 0 saturated carbocycles. The first-order valence-electron chi connectivity index (χ1n) is 6.28. The number of hydrogen-bond acceptors (Lipinski definition) is 3. The number of hydrogen-bond donors (Lipinski definition) is 1. The molecule has 5 nitrogen and oxygen atoms in total. The van der Waals surface area contributed by atoms with Crippen LogP contribution >= 0.6 is 11.6 Å². The molecule has 0 fully saturated rings. The van der Waals surface area contributed by atoms with E-state index >= 15 is 0 Å². The van der Waals surface area contributed by atoms with Gasteiger partial charge in [0.05, 0.1) is 16.4 Å². The molecule has 0 radical (unpaired) electrons. The molecule has 0 aromatic heterocycles. The van der Waals surface area contributed by atoms with Crippen molar-refractivity contribution in [2.45, 2.75) is 25.6 Å². The number of alkyl halides is 1. The van der Waals surface area contributed by atoms with Crippen molar-refractivity contribution in [1.82, 2.24) is 5.32 Å². The van der Waals surface area contributed by atoms with Gasteiger partial charge in [0.1, 0.15) is 5.56 Å². The lowest BCUT2D eigenvalue weighted by atomic mass is 10.1. The highest BCUT2D eigenvalue weighted by Crippen LogP contribution is 2.22. The molecule has 0 saturated heterocycles. The van der Waals surface area contributed by atoms with Crippen molar-refractivity contribution in [2.24, 2.45) is 5.92 Å². The average Bonchev–Trinajstić information content (AvgIpc) is 2.37. The first kappa shape index (κ1) is 17.3. The Labute approximate surface area is 125 Å². The minimum absolute atomic E-state index is 0.0781. The summed E-state index contributed by atoms with van der Waals surface area (Å²) in [6.07, 6.45) is 0.641. The zero-order chi connectivity index (χ0) is 16.2. The zero-order valence-corrected chi connectivity index (χ0v) is 12.3. The van der Waals surface area contributed by atoms with Crippen LogP contribution in [0.25, 0.3) is 0 Å². The van der Waals surface area contributed by atoms with Gasteiger partial charge in [-0.15, -0.1) is 11.6 Å². The van der Waals surface area contributed by atoms with Gasteiger partial charge in [0.25, 0.3) is 11.6 Å². The van der Waals surface area contributed by atoms with Crippen LogP contribution in [-0.4, -0.2) is 22.8 Å². The molecule has 1 aromatic rings. The standard InChI is InChI=1S/C13H15ClF2N2O3/c1-7(2)3-8(14)6-17-13(19)9-4-10(15)11(16)5-12(9)18(20)21/h4-5,7-8H,3,6H2,1-2H3,(H,17,19). The minimum Gasteiger partial charge on any atom is -0.350 e. The Morgan fingerprint density at radius 3 is 2.48 bits per heavy atom. The molecule has 8 heteroatoms. The molecule has 116 valence electrons. The summed E-state index contributed by atoms with van der Waals surface area (Å²) < 4.78 is 26.2. The van der Waals surface area contributed by atoms with Crippen molar-refractivity contribution in [3.63, 3.8) is 0 Å². The van der Waals surface area contributed by atoms with Crippen LogP contribution in [0.5, 0.6) is 0 Å². The number of nitrogens with one attached hydrogen (secondary N) is 1. The molecule has 1 rings (SSSR count). The molecule has 0 aliphatic rings. The number of nitro benzene ring substituents is 1. The molecule has 0 bridgehead atoms. The molecule has 0 spiro atoms. The van der Waals surface area contributed by atoms with E-state index in [2.05, 4.69) is 5.32 Å². The van der Waals surface area contributed by atoms with E-state index < -0.39 is 33.7 Å². The number of benzene rings is 1. The smallest absolute Gasteiger partial charge is 0.285 e. The lowest BCUT2D eigenvalue weighted by Gasteiger charge is -2.13. The van der Waals surface area contributed by atoms with Gasteiger partial charge in [0, 0.05) is 6.54 Å². The Bertz CT molecular complexity index is 552. The van der Waals surface area contributed by atoms with Crippen LogP contribution < -0.4 is 5.32 Å². The van der Waals surface area contributed by atoms with Crippen molar-refractivity contribution in [2.75, 3.05) is 6.54 Å². The normalized spacial score (nSPS) is 12.3. The highest BCUT2D eigenvalue weighted by atomic mass is 35.5. The van der Waals surface area contributed by atoms with Gasteiger partial charge in [-0.25, -0.2) is 8.78 Å². The first-order chi connectivity index (χ1) is 9.72. The summed E-state index contributed by atoms with van der Waals surface area (Å²) >= 11 is 5.98. The van der Waals surface area contributed by atoms with E-state index in [1.54, 1.807) is 0 Å². The van der Waals surface area contributed by atoms with E-state index in [9.17, 15) is 23.7 Å². The van der Waals surface area contributed by atoms with Crippen molar-refractivity contribution < 1.29 is 18.5 Å². The summed E-state index contributed by atoms with van der Waals surface area (Å²) in [5.41, 5.74) is -1.33. The molecule has 0 heterocycles. The monoisotopic (exact) mass is 320 g/mol. The van der Waals surface area contributed by atoms with E-state index in [0.29, 0.717) is 24.5 Å². The third-order valence-corrected chi connectivity index (χ3v) is 3.02. The van der Waals surface area contributed by atoms with Gasteiger partial charge < -0.3 is 5.32 Å². The highest BCUT2D eigenvalue weighted by Gasteiger charge is 2.24. The fraction of sp³-hybridized carbons (Fsp3) is 0.462. The van der Waals surface area contributed by atoms with Crippen LogP contribution in [-0.2, 0) is 0 Å². The maximum atomic E-state index is 13.2. The second-order valence-corrected chi connectivity index (χ2v) is 5.59. The Hall–Kier alpha value is -1.76. The SMILES string of the molecule is CC(C)CC(Cl)CNC(=O)c1cc(F)c(F)cc1[N+](=O)[O-]. The largest absolute Gasteiger partial charge is 0.350 e. The Balaban J connectivity index is 2.87. The van der Waals surface area contributed by atoms with Crippen molar-refractivity contribution >= 4 is 23.2 Å². The van der Waals surface area contributed by atoms with Crippen molar-refractivity contribution in [3.8, 4) is 0 Å². The number of carbonyl (C=O) groups excluding carboxylic acids is 1. The molecular weight excluding hydrogens is 306 g/mol. The van der Waals surface area contributed by atoms with Gasteiger partial charge in [0.15, 0.2) is 11.6 Å². The summed E-state index contributed by atoms with van der Waals surface area (Å²) in [6, 6.07) is 0.894. The van der Waals surface area contributed by atoms with Crippen molar-refractivity contribution in [3.05, 3.63) is 39.4 Å². The molecule has 1 N–H and O–H groups in total. The number of nitrogens with zero attached hydrogens (tertiary/aromatic N) is 1. The fourth-order valence-corrected chi connectivity index (χ4v) is 2.20. The van der Waals surface area contributed by atoms with Gasteiger partial charge >= 0.3 is 0 Å². The third kappa shape index (κ3) is 4.93. The van der Waals surface area contributed by atoms with Crippen LogP contribution in [0.3, 0.4) is 0 Å². The molecule has 0 aliphatic heterocycles. The number of nitro groups is 1. The topological polar surface area (TPSA) is 72.2 Å². The van der Waals surface area contributed by atoms with E-state index in [1.807, 2.05) is 13.8 Å². The molecule has 1 aromatic carbocycles. The molecule has 1 amide bonds. The summed E-state index contributed by atoms with van der Waals surface area (Å²) in [4.78, 5) is 21.7. The van der Waals surface area contributed by atoms with Crippen LogP contribution in [0.1, 0.15) is 30.6 Å². The summed E-state index contributed by atoms with van der Waals surface area (Å²) in [6.45, 7) is 3.99. The quantitative estimate of drug-likeness (QED) is 0.497. The molecule has 1 atom stereocenters. The summed E-state index contributed by atoms with van der Waals surface area (Å²) in [5.74, 6) is -3.25. The van der Waals surface area contributed by atoms with E-state index in [-0.39, 0.29) is 11.9 Å². The maximum absolute atomic E-state index is 13.2. The number of amides is 1. The van der Waals surface area contributed by atoms with E-state index in [1.165, 1.54) is 0 Å². The minimum atomic E-state index is -1.38. The Morgan fingerprint density at radius 1 is 1.38 bits per heavy atom. The molecule has 1 unspecified atom stereocenters. The molecule has 21 heavy (non-hydrogen) atoms. The molecular formula is C13H15ClF2N2O3. The van der Waals surface area contributed by atoms with E-state index in [4.69, 9.17) is 11.6 Å². The van der Waals surface area contributed by atoms with Crippen LogP contribution in [0.2, 0.25) is 0 Å². The predicted molar refractivity (Wildman–Crippen MR) is 74.4 cm³/mol. The first-order valence-corrected chi connectivity index (χ1v) is 6.71. The van der Waals surface area contributed by atoms with Gasteiger partial charge in [0.2, 0.25) is 0 Å². The lowest BCUT2D eigenvalue weighted by Crippen LogP contribution is -2.31. The van der Waals surface area contributed by atoms with E-state index in [0.717, 1.165) is 0 Å². The maximum Gasteiger partial charge on any atom is 0.285 e. The van der Waals surface area contributed by atoms with Crippen molar-refractivity contribution in [1.29, 1.82) is 0 Å². The Morgan fingerprint density at radius 2 is 1.95 bits per heavy atom. The van der Waals surface area contributed by atoms with Gasteiger partial charge in [-0.05, 0) is 18.4 Å². The zero-order valence-electron chi connectivity index (χ0n) is 11.5. The van der Waals surface area contributed by atoms with Crippen LogP contribution in [0, 0.1) is 27.7 Å². The predicted octanol–water partition coefficient (Wildman–Crippen LogP) is 3.26. The number of carbonyl (C=O) groups is 1. The van der Waals surface area contributed by atoms with Crippen LogP contribution in [0.4, 0.5) is 14.5 Å². The number of rotatable bonds is 6. The fourth-order valence-electron chi connectivity index (χ4n) is 1.76. The van der Waals surface area contributed by atoms with Gasteiger partial charge in [-0.3, -0.25) is 14.9 Å². The second kappa shape index (κ2) is 7.31. The highest BCUT2D eigenvalue weighted by molar-refractivity contribution is 6.21. The molecule has 0 aliphatic carbocycles. The average molecular weight is 321 g/mol. The number of halogens is 3. The van der Waals surface area contributed by atoms with Crippen LogP contribution in [0.15, 0.2) is 12.1 Å². The summed E-state index contributed by atoms with van der Waals surface area (Å²) in [7, 11) is 0. The van der Waals surface area contributed by atoms with Gasteiger partial charge in [-0.2, -0.15) is 0 Å². The Kier molecular flexibility index (Phi) is 6.02.